The predicted molar refractivity (Wildman–Crippen MR) is 81.0 cm³/mol. The van der Waals surface area contributed by atoms with Crippen molar-refractivity contribution in [2.45, 2.75) is 19.3 Å². The van der Waals surface area contributed by atoms with E-state index in [1.54, 1.807) is 24.3 Å². The van der Waals surface area contributed by atoms with Gasteiger partial charge in [-0.05, 0) is 37.0 Å². The number of carbonyl (C=O) groups is 1. The fourth-order valence-electron chi connectivity index (χ4n) is 2.24. The van der Waals surface area contributed by atoms with Crippen LogP contribution in [-0.2, 0) is 21.4 Å². The Morgan fingerprint density at radius 3 is 2.45 bits per heavy atom. The third kappa shape index (κ3) is 4.97. The molecule has 0 unspecified atom stereocenters. The molecule has 1 fully saturated rings. The van der Waals surface area contributed by atoms with Gasteiger partial charge in [0.1, 0.15) is 5.75 Å². The molecule has 8 heteroatoms. The molecule has 0 saturated carbocycles. The maximum Gasteiger partial charge on any atom is 0.341 e. The zero-order valence-corrected chi connectivity index (χ0v) is 13.0. The molecule has 1 aliphatic rings. The molecule has 2 rings (SSSR count). The molecule has 0 aliphatic carbocycles. The minimum atomic E-state index is -3.36. The molecule has 0 bridgehead atoms. The summed E-state index contributed by atoms with van der Waals surface area (Å²) in [4.78, 5) is 10.4. The number of nitrogens with zero attached hydrogens (tertiary/aromatic N) is 1. The SMILES string of the molecule is O=C(O)COc1ccc(CCNS(=O)(=O)N2CCCC2)cc1. The first-order valence-electron chi connectivity index (χ1n) is 7.16. The molecule has 0 atom stereocenters. The smallest absolute Gasteiger partial charge is 0.341 e. The Morgan fingerprint density at radius 2 is 1.86 bits per heavy atom. The molecule has 122 valence electrons. The van der Waals surface area contributed by atoms with Crippen LogP contribution in [0.4, 0.5) is 0 Å². The first kappa shape index (κ1) is 16.7. The van der Waals surface area contributed by atoms with E-state index in [4.69, 9.17) is 9.84 Å². The van der Waals surface area contributed by atoms with Gasteiger partial charge in [-0.15, -0.1) is 0 Å². The van der Waals surface area contributed by atoms with Crippen LogP contribution in [0.15, 0.2) is 24.3 Å². The lowest BCUT2D eigenvalue weighted by atomic mass is 10.1. The Kier molecular flexibility index (Phi) is 5.76. The Bertz CT molecular complexity index is 594. The van der Waals surface area contributed by atoms with E-state index in [0.717, 1.165) is 18.4 Å². The molecule has 0 radical (unpaired) electrons. The van der Waals surface area contributed by atoms with E-state index in [0.29, 0.717) is 31.8 Å². The van der Waals surface area contributed by atoms with Crippen molar-refractivity contribution in [2.24, 2.45) is 0 Å². The van der Waals surface area contributed by atoms with E-state index in [1.165, 1.54) is 4.31 Å². The van der Waals surface area contributed by atoms with Crippen LogP contribution in [0.1, 0.15) is 18.4 Å². The highest BCUT2D eigenvalue weighted by Gasteiger charge is 2.24. The van der Waals surface area contributed by atoms with Crippen molar-refractivity contribution in [3.05, 3.63) is 29.8 Å². The van der Waals surface area contributed by atoms with Gasteiger partial charge in [-0.25, -0.2) is 9.52 Å². The van der Waals surface area contributed by atoms with E-state index in [-0.39, 0.29) is 6.61 Å². The molecule has 1 aromatic carbocycles. The van der Waals surface area contributed by atoms with Crippen molar-refractivity contribution in [3.8, 4) is 5.75 Å². The van der Waals surface area contributed by atoms with Crippen molar-refractivity contribution >= 4 is 16.2 Å². The summed E-state index contributed by atoms with van der Waals surface area (Å²) in [7, 11) is -3.36. The predicted octanol–water partition coefficient (Wildman–Crippen LogP) is 0.623. The molecule has 0 spiro atoms. The highest BCUT2D eigenvalue weighted by atomic mass is 32.2. The van der Waals surface area contributed by atoms with Gasteiger partial charge in [0.2, 0.25) is 0 Å². The van der Waals surface area contributed by atoms with Gasteiger partial charge in [-0.3, -0.25) is 0 Å². The van der Waals surface area contributed by atoms with Gasteiger partial charge in [0.15, 0.2) is 6.61 Å². The van der Waals surface area contributed by atoms with Crippen molar-refractivity contribution in [1.29, 1.82) is 0 Å². The fourth-order valence-corrected chi connectivity index (χ4v) is 3.52. The zero-order chi connectivity index (χ0) is 16.0. The van der Waals surface area contributed by atoms with Crippen LogP contribution in [0.25, 0.3) is 0 Å². The van der Waals surface area contributed by atoms with Crippen LogP contribution in [0.3, 0.4) is 0 Å². The minimum absolute atomic E-state index is 0.328. The average Bonchev–Trinajstić information content (AvgIpc) is 3.01. The normalized spacial score (nSPS) is 15.8. The van der Waals surface area contributed by atoms with Crippen molar-refractivity contribution < 1.29 is 23.1 Å². The van der Waals surface area contributed by atoms with Gasteiger partial charge in [-0.1, -0.05) is 12.1 Å². The highest BCUT2D eigenvalue weighted by Crippen LogP contribution is 2.13. The van der Waals surface area contributed by atoms with E-state index in [1.807, 2.05) is 0 Å². The van der Waals surface area contributed by atoms with Crippen molar-refractivity contribution in [3.63, 3.8) is 0 Å². The molecule has 0 aromatic heterocycles. The lowest BCUT2D eigenvalue weighted by Gasteiger charge is -2.16. The van der Waals surface area contributed by atoms with Crippen LogP contribution in [-0.4, -0.2) is 50.0 Å². The van der Waals surface area contributed by atoms with Crippen LogP contribution in [0.2, 0.25) is 0 Å². The summed E-state index contributed by atoms with van der Waals surface area (Å²) < 4.78 is 33.0. The number of rotatable bonds is 8. The summed E-state index contributed by atoms with van der Waals surface area (Å²) in [6.07, 6.45) is 2.39. The molecule has 1 aliphatic heterocycles. The molecule has 22 heavy (non-hydrogen) atoms. The van der Waals surface area contributed by atoms with Crippen LogP contribution in [0.5, 0.6) is 5.75 Å². The van der Waals surface area contributed by atoms with E-state index in [2.05, 4.69) is 4.72 Å². The first-order valence-corrected chi connectivity index (χ1v) is 8.60. The molecule has 1 aromatic rings. The molecule has 0 amide bonds. The van der Waals surface area contributed by atoms with Crippen molar-refractivity contribution in [2.75, 3.05) is 26.2 Å². The third-order valence-corrected chi connectivity index (χ3v) is 5.00. The van der Waals surface area contributed by atoms with Crippen molar-refractivity contribution in [1.82, 2.24) is 9.03 Å². The Morgan fingerprint density at radius 1 is 1.23 bits per heavy atom. The topological polar surface area (TPSA) is 95.9 Å². The summed E-state index contributed by atoms with van der Waals surface area (Å²) in [6, 6.07) is 6.93. The number of carboxylic acid groups (broad SMARTS) is 1. The lowest BCUT2D eigenvalue weighted by molar-refractivity contribution is -0.139. The Balaban J connectivity index is 1.78. The summed E-state index contributed by atoms with van der Waals surface area (Å²) in [5.41, 5.74) is 0.951. The number of aliphatic carboxylic acids is 1. The van der Waals surface area contributed by atoms with Crippen LogP contribution in [0, 0.1) is 0 Å². The summed E-state index contributed by atoms with van der Waals surface area (Å²) in [5, 5.41) is 8.52. The van der Waals surface area contributed by atoms with E-state index >= 15 is 0 Å². The van der Waals surface area contributed by atoms with Gasteiger partial charge in [0.05, 0.1) is 0 Å². The summed E-state index contributed by atoms with van der Waals surface area (Å²) in [5.74, 6) is -0.552. The zero-order valence-electron chi connectivity index (χ0n) is 12.2. The largest absolute Gasteiger partial charge is 0.482 e. The highest BCUT2D eigenvalue weighted by molar-refractivity contribution is 7.87. The average molecular weight is 328 g/mol. The molecular formula is C14H20N2O5S. The number of hydrogen-bond donors (Lipinski definition) is 2. The second kappa shape index (κ2) is 7.57. The van der Waals surface area contributed by atoms with Gasteiger partial charge in [0.25, 0.3) is 10.2 Å². The number of benzene rings is 1. The van der Waals surface area contributed by atoms with E-state index in [9.17, 15) is 13.2 Å². The molecule has 2 N–H and O–H groups in total. The van der Waals surface area contributed by atoms with Crippen LogP contribution >= 0.6 is 0 Å². The Labute approximate surface area is 130 Å². The van der Waals surface area contributed by atoms with Gasteiger partial charge in [0, 0.05) is 19.6 Å². The second-order valence-electron chi connectivity index (χ2n) is 5.08. The van der Waals surface area contributed by atoms with Gasteiger partial charge in [-0.2, -0.15) is 12.7 Å². The number of hydrogen-bond acceptors (Lipinski definition) is 4. The monoisotopic (exact) mass is 328 g/mol. The Hall–Kier alpha value is -1.64. The number of carboxylic acids is 1. The fraction of sp³-hybridized carbons (Fsp3) is 0.500. The maximum atomic E-state index is 12.0. The quantitative estimate of drug-likeness (QED) is 0.729. The lowest BCUT2D eigenvalue weighted by Crippen LogP contribution is -2.39. The summed E-state index contributed by atoms with van der Waals surface area (Å²) in [6.45, 7) is 1.12. The van der Waals surface area contributed by atoms with E-state index < -0.39 is 16.2 Å². The molecule has 1 saturated heterocycles. The minimum Gasteiger partial charge on any atom is -0.482 e. The number of ether oxygens (including phenoxy) is 1. The summed E-state index contributed by atoms with van der Waals surface area (Å²) >= 11 is 0. The van der Waals surface area contributed by atoms with Gasteiger partial charge < -0.3 is 9.84 Å². The van der Waals surface area contributed by atoms with Gasteiger partial charge >= 0.3 is 5.97 Å². The molecular weight excluding hydrogens is 308 g/mol. The molecule has 7 nitrogen and oxygen atoms in total. The maximum absolute atomic E-state index is 12.0. The third-order valence-electron chi connectivity index (χ3n) is 3.39. The standard InChI is InChI=1S/C14H20N2O5S/c17-14(18)11-21-13-5-3-12(4-6-13)7-8-15-22(19,20)16-9-1-2-10-16/h3-6,15H,1-2,7-11H2,(H,17,18). The number of nitrogens with one attached hydrogen (secondary N) is 1. The first-order chi connectivity index (χ1) is 10.5. The molecule has 1 heterocycles. The van der Waals surface area contributed by atoms with Crippen LogP contribution < -0.4 is 9.46 Å². The second-order valence-corrected chi connectivity index (χ2v) is 6.84.